The molecule has 7 aromatic carbocycles. The van der Waals surface area contributed by atoms with E-state index in [4.69, 9.17) is 0 Å². The minimum atomic E-state index is 1.20. The Hall–Kier alpha value is -5.18. The van der Waals surface area contributed by atoms with Gasteiger partial charge in [0, 0.05) is 36.6 Å². The molecule has 216 valence electrons. The number of nitrogens with zero attached hydrogens (tertiary/aromatic N) is 1. The van der Waals surface area contributed by atoms with Crippen molar-refractivity contribution in [1.29, 1.82) is 0 Å². The first kappa shape index (κ1) is 27.4. The van der Waals surface area contributed by atoms with E-state index in [1.807, 2.05) is 11.3 Å². The Balaban J connectivity index is 0.000000230. The predicted octanol–water partition coefficient (Wildman–Crippen LogP) is 12.6. The summed E-state index contributed by atoms with van der Waals surface area (Å²) in [5.74, 6) is 0. The van der Waals surface area contributed by atoms with Crippen molar-refractivity contribution < 1.29 is 0 Å². The fourth-order valence-electron chi connectivity index (χ4n) is 6.89. The highest BCUT2D eigenvalue weighted by molar-refractivity contribution is 7.25. The van der Waals surface area contributed by atoms with E-state index in [1.54, 1.807) is 0 Å². The van der Waals surface area contributed by atoms with Crippen molar-refractivity contribution in [2.45, 2.75) is 20.8 Å². The topological polar surface area (TPSA) is 4.93 Å². The molecule has 0 saturated carbocycles. The highest BCUT2D eigenvalue weighted by atomic mass is 32.1. The number of aryl methyl sites for hydroxylation is 3. The van der Waals surface area contributed by atoms with E-state index in [9.17, 15) is 0 Å². The van der Waals surface area contributed by atoms with Gasteiger partial charge < -0.3 is 4.57 Å². The van der Waals surface area contributed by atoms with E-state index >= 15 is 0 Å². The number of aromatic nitrogens is 1. The van der Waals surface area contributed by atoms with Gasteiger partial charge in [0.15, 0.2) is 0 Å². The first-order valence-corrected chi connectivity index (χ1v) is 16.3. The van der Waals surface area contributed by atoms with Crippen LogP contribution >= 0.6 is 11.3 Å². The van der Waals surface area contributed by atoms with E-state index in [2.05, 4.69) is 171 Å². The van der Waals surface area contributed by atoms with Gasteiger partial charge in [-0.05, 0) is 89.7 Å². The number of fused-ring (bicyclic) bond motifs is 7. The normalized spacial score (nSPS) is 11.4. The maximum absolute atomic E-state index is 2.46. The average molecular weight is 596 g/mol. The van der Waals surface area contributed by atoms with Crippen LogP contribution in [0.1, 0.15) is 16.7 Å². The van der Waals surface area contributed by atoms with E-state index in [0.717, 1.165) is 0 Å². The van der Waals surface area contributed by atoms with Crippen LogP contribution in [-0.2, 0) is 0 Å². The van der Waals surface area contributed by atoms with Crippen LogP contribution in [0, 0.1) is 20.8 Å². The second kappa shape index (κ2) is 11.1. The Kier molecular flexibility index (Phi) is 6.73. The van der Waals surface area contributed by atoms with Gasteiger partial charge in [0.1, 0.15) is 0 Å². The van der Waals surface area contributed by atoms with Crippen molar-refractivity contribution in [2.75, 3.05) is 0 Å². The maximum Gasteiger partial charge on any atom is 0.0576 e. The smallest absolute Gasteiger partial charge is 0.0576 e. The second-order valence-corrected chi connectivity index (χ2v) is 13.0. The van der Waals surface area contributed by atoms with Gasteiger partial charge in [-0.2, -0.15) is 0 Å². The molecular weight excluding hydrogens is 563 g/mol. The van der Waals surface area contributed by atoms with Crippen molar-refractivity contribution in [2.24, 2.45) is 0 Å². The molecule has 0 aliphatic carbocycles. The van der Waals surface area contributed by atoms with Crippen LogP contribution in [-0.4, -0.2) is 4.57 Å². The van der Waals surface area contributed by atoms with Crippen LogP contribution in [0.25, 0.3) is 69.6 Å². The van der Waals surface area contributed by atoms with Crippen molar-refractivity contribution in [1.82, 2.24) is 4.57 Å². The zero-order valence-electron chi connectivity index (χ0n) is 25.7. The average Bonchev–Trinajstić information content (AvgIpc) is 3.61. The lowest BCUT2D eigenvalue weighted by molar-refractivity contribution is 1.17. The summed E-state index contributed by atoms with van der Waals surface area (Å²) in [6, 6.07) is 52.5. The van der Waals surface area contributed by atoms with Crippen LogP contribution in [0.4, 0.5) is 0 Å². The summed E-state index contributed by atoms with van der Waals surface area (Å²) in [4.78, 5) is 0. The third-order valence-electron chi connectivity index (χ3n) is 9.14. The molecule has 0 spiro atoms. The number of benzene rings is 7. The molecule has 0 aliphatic heterocycles. The fraction of sp³-hybridized carbons (Fsp3) is 0.0698. The molecule has 0 radical (unpaired) electrons. The molecule has 9 aromatic rings. The van der Waals surface area contributed by atoms with Gasteiger partial charge >= 0.3 is 0 Å². The number of hydrogen-bond donors (Lipinski definition) is 0. The van der Waals surface area contributed by atoms with Crippen molar-refractivity contribution >= 4 is 64.1 Å². The number of hydrogen-bond acceptors (Lipinski definition) is 1. The van der Waals surface area contributed by atoms with Gasteiger partial charge in [-0.25, -0.2) is 0 Å². The van der Waals surface area contributed by atoms with Crippen LogP contribution in [0.2, 0.25) is 0 Å². The lowest BCUT2D eigenvalue weighted by Gasteiger charge is -2.14. The summed E-state index contributed by atoms with van der Waals surface area (Å²) in [5.41, 5.74) is 10.3. The number of thiophene rings is 1. The molecule has 0 aliphatic rings. The summed E-state index contributed by atoms with van der Waals surface area (Å²) >= 11 is 1.88. The maximum atomic E-state index is 2.46. The third kappa shape index (κ3) is 4.61. The monoisotopic (exact) mass is 595 g/mol. The van der Waals surface area contributed by atoms with Gasteiger partial charge in [-0.15, -0.1) is 11.3 Å². The molecule has 0 saturated heterocycles. The van der Waals surface area contributed by atoms with E-state index in [1.165, 1.54) is 86.3 Å². The largest absolute Gasteiger partial charge is 0.309 e. The second-order valence-electron chi connectivity index (χ2n) is 11.9. The zero-order chi connectivity index (χ0) is 30.5. The molecular formula is C43H33NS. The van der Waals surface area contributed by atoms with Gasteiger partial charge in [-0.1, -0.05) is 115 Å². The van der Waals surface area contributed by atoms with Crippen LogP contribution in [0.3, 0.4) is 0 Å². The van der Waals surface area contributed by atoms with Crippen molar-refractivity contribution in [3.63, 3.8) is 0 Å². The SMILES string of the molecule is Cc1cccc2ccccc12.Cc1ccccc1-c1ccc2c3cc4c(cc3n(-c3ccccc3)c2c1C)sc1ccccc14. The van der Waals surface area contributed by atoms with Gasteiger partial charge in [0.25, 0.3) is 0 Å². The summed E-state index contributed by atoms with van der Waals surface area (Å²) in [5, 5.41) is 8.00. The van der Waals surface area contributed by atoms with Gasteiger partial charge in [0.05, 0.1) is 11.0 Å². The number of para-hydroxylation sites is 1. The molecule has 0 fully saturated rings. The molecule has 2 heterocycles. The fourth-order valence-corrected chi connectivity index (χ4v) is 8.01. The minimum Gasteiger partial charge on any atom is -0.309 e. The van der Waals surface area contributed by atoms with Crippen LogP contribution in [0.5, 0.6) is 0 Å². The summed E-state index contributed by atoms with van der Waals surface area (Å²) in [6.45, 7) is 6.62. The minimum absolute atomic E-state index is 1.20. The standard InChI is InChI=1S/C32H23NS.C11H10/c1-20-10-6-7-13-23(20)24-16-17-26-27-18-28-25-14-8-9-15-30(25)34-31(28)19-29(27)33(32(26)21(24)2)22-11-4-3-5-12-22;1-9-5-4-7-10-6-2-3-8-11(9)10/h3-19H,1-2H3;2-8H,1H3. The Morgan fingerprint density at radius 3 is 1.96 bits per heavy atom. The molecule has 0 amide bonds. The van der Waals surface area contributed by atoms with E-state index in [-0.39, 0.29) is 0 Å². The van der Waals surface area contributed by atoms with E-state index in [0.29, 0.717) is 0 Å². The van der Waals surface area contributed by atoms with Crippen molar-refractivity contribution in [3.8, 4) is 16.8 Å². The molecule has 0 atom stereocenters. The van der Waals surface area contributed by atoms with E-state index < -0.39 is 0 Å². The molecule has 0 bridgehead atoms. The van der Waals surface area contributed by atoms with Gasteiger partial charge in [-0.3, -0.25) is 0 Å². The van der Waals surface area contributed by atoms with Gasteiger partial charge in [0.2, 0.25) is 0 Å². The zero-order valence-corrected chi connectivity index (χ0v) is 26.5. The third-order valence-corrected chi connectivity index (χ3v) is 10.3. The lowest BCUT2D eigenvalue weighted by Crippen LogP contribution is -1.96. The van der Waals surface area contributed by atoms with Crippen LogP contribution in [0.15, 0.2) is 146 Å². The Morgan fingerprint density at radius 2 is 1.13 bits per heavy atom. The molecule has 45 heavy (non-hydrogen) atoms. The highest BCUT2D eigenvalue weighted by Gasteiger charge is 2.19. The Bertz CT molecular complexity index is 2510. The highest BCUT2D eigenvalue weighted by Crippen LogP contribution is 2.43. The first-order chi connectivity index (χ1) is 22.1. The summed E-state index contributed by atoms with van der Waals surface area (Å²) in [7, 11) is 0. The first-order valence-electron chi connectivity index (χ1n) is 15.5. The van der Waals surface area contributed by atoms with Crippen molar-refractivity contribution in [3.05, 3.63) is 162 Å². The molecule has 0 N–H and O–H groups in total. The molecule has 2 heteroatoms. The summed E-state index contributed by atoms with van der Waals surface area (Å²) in [6.07, 6.45) is 0. The molecule has 0 unspecified atom stereocenters. The predicted molar refractivity (Wildman–Crippen MR) is 197 cm³/mol. The lowest BCUT2D eigenvalue weighted by atomic mass is 9.94. The van der Waals surface area contributed by atoms with Crippen LogP contribution < -0.4 is 0 Å². The Morgan fingerprint density at radius 1 is 0.444 bits per heavy atom. The number of rotatable bonds is 2. The molecule has 9 rings (SSSR count). The molecule has 1 nitrogen and oxygen atoms in total. The summed E-state index contributed by atoms with van der Waals surface area (Å²) < 4.78 is 5.15. The molecule has 2 aromatic heterocycles. The quantitative estimate of drug-likeness (QED) is 0.187. The Labute approximate surface area is 267 Å².